The summed E-state index contributed by atoms with van der Waals surface area (Å²) in [5.74, 6) is -0.0819. The van der Waals surface area contributed by atoms with Crippen molar-refractivity contribution in [1.82, 2.24) is 9.21 Å². The summed E-state index contributed by atoms with van der Waals surface area (Å²) in [7, 11) is -3.83. The van der Waals surface area contributed by atoms with E-state index in [9.17, 15) is 13.2 Å². The molecule has 5 nitrogen and oxygen atoms in total. The number of benzene rings is 2. The molecule has 0 N–H and O–H groups in total. The molecule has 0 aliphatic carbocycles. The van der Waals surface area contributed by atoms with Crippen molar-refractivity contribution < 1.29 is 13.2 Å². The molecule has 29 heavy (non-hydrogen) atoms. The number of carbonyl (C=O) groups is 1. The quantitative estimate of drug-likeness (QED) is 0.594. The Labute approximate surface area is 186 Å². The molecule has 3 rings (SSSR count). The molecule has 1 saturated heterocycles. The molecule has 1 aliphatic rings. The smallest absolute Gasteiger partial charge is 0.255 e. The monoisotopic (exact) mass is 472 g/mol. The van der Waals surface area contributed by atoms with E-state index in [2.05, 4.69) is 13.8 Å². The van der Waals surface area contributed by atoms with Gasteiger partial charge in [0.25, 0.3) is 5.91 Å². The molecule has 0 bridgehead atoms. The zero-order chi connectivity index (χ0) is 21.2. The van der Waals surface area contributed by atoms with E-state index >= 15 is 0 Å². The van der Waals surface area contributed by atoms with Gasteiger partial charge in [-0.15, -0.1) is 11.8 Å². The third-order valence-electron chi connectivity index (χ3n) is 4.52. The molecule has 0 saturated carbocycles. The fraction of sp³-hybridized carbons (Fsp3) is 0.350. The average Bonchev–Trinajstić information content (AvgIpc) is 2.67. The lowest BCUT2D eigenvalue weighted by atomic mass is 10.2. The van der Waals surface area contributed by atoms with Gasteiger partial charge in [0.1, 0.15) is 4.90 Å². The van der Waals surface area contributed by atoms with Gasteiger partial charge in [0.15, 0.2) is 0 Å². The third-order valence-corrected chi connectivity index (χ3v) is 8.46. The predicted octanol–water partition coefficient (Wildman–Crippen LogP) is 4.64. The third kappa shape index (κ3) is 4.91. The molecule has 0 unspecified atom stereocenters. The number of carbonyl (C=O) groups excluding carboxylic acids is 1. The van der Waals surface area contributed by atoms with E-state index in [4.69, 9.17) is 23.2 Å². The molecule has 0 atom stereocenters. The van der Waals surface area contributed by atoms with Gasteiger partial charge in [-0.3, -0.25) is 4.79 Å². The second-order valence-corrected chi connectivity index (χ2v) is 11.2. The Bertz CT molecular complexity index is 984. The van der Waals surface area contributed by atoms with Crippen LogP contribution >= 0.6 is 35.0 Å². The topological polar surface area (TPSA) is 57.7 Å². The molecule has 1 fully saturated rings. The zero-order valence-corrected chi connectivity index (χ0v) is 19.3. The normalized spacial score (nSPS) is 15.7. The van der Waals surface area contributed by atoms with E-state index < -0.39 is 10.0 Å². The summed E-state index contributed by atoms with van der Waals surface area (Å²) in [6.07, 6.45) is 0. The van der Waals surface area contributed by atoms with Gasteiger partial charge in [0.2, 0.25) is 10.0 Å². The predicted molar refractivity (Wildman–Crippen MR) is 119 cm³/mol. The highest BCUT2D eigenvalue weighted by atomic mass is 35.5. The molecule has 0 spiro atoms. The molecule has 1 heterocycles. The van der Waals surface area contributed by atoms with Gasteiger partial charge in [-0.2, -0.15) is 4.31 Å². The molecule has 0 aromatic heterocycles. The van der Waals surface area contributed by atoms with E-state index in [1.54, 1.807) is 22.7 Å². The van der Waals surface area contributed by atoms with E-state index in [0.717, 1.165) is 4.90 Å². The maximum absolute atomic E-state index is 13.0. The summed E-state index contributed by atoms with van der Waals surface area (Å²) in [5, 5.41) is 0.539. The molecule has 156 valence electrons. The number of halogens is 2. The number of amides is 1. The van der Waals surface area contributed by atoms with E-state index in [0.29, 0.717) is 23.9 Å². The van der Waals surface area contributed by atoms with Crippen LogP contribution in [0.5, 0.6) is 0 Å². The second kappa shape index (κ2) is 9.27. The van der Waals surface area contributed by atoms with Crippen LogP contribution in [-0.4, -0.2) is 55.0 Å². The lowest BCUT2D eigenvalue weighted by molar-refractivity contribution is 0.0694. The first-order valence-corrected chi connectivity index (χ1v) is 12.3. The molecule has 1 amide bonds. The van der Waals surface area contributed by atoms with Crippen molar-refractivity contribution in [3.05, 3.63) is 58.1 Å². The Hall–Kier alpha value is -1.25. The molecular formula is C20H22Cl2N2O3S2. The second-order valence-electron chi connectivity index (χ2n) is 6.91. The van der Waals surface area contributed by atoms with Crippen LogP contribution in [-0.2, 0) is 10.0 Å². The number of hydrogen-bond acceptors (Lipinski definition) is 4. The summed E-state index contributed by atoms with van der Waals surface area (Å²) in [5.41, 5.74) is 0.650. The van der Waals surface area contributed by atoms with Crippen LogP contribution in [0.1, 0.15) is 24.2 Å². The summed E-state index contributed by atoms with van der Waals surface area (Å²) < 4.78 is 27.3. The van der Waals surface area contributed by atoms with Crippen LogP contribution in [0.2, 0.25) is 10.0 Å². The Morgan fingerprint density at radius 1 is 0.966 bits per heavy atom. The maximum atomic E-state index is 13.0. The molecule has 2 aromatic rings. The lowest BCUT2D eigenvalue weighted by Gasteiger charge is -2.34. The first kappa shape index (κ1) is 22.4. The van der Waals surface area contributed by atoms with Crippen LogP contribution in [0.25, 0.3) is 0 Å². The van der Waals surface area contributed by atoms with Crippen LogP contribution in [0.15, 0.2) is 52.3 Å². The van der Waals surface area contributed by atoms with Gasteiger partial charge in [-0.1, -0.05) is 55.2 Å². The van der Waals surface area contributed by atoms with Crippen molar-refractivity contribution in [2.24, 2.45) is 0 Å². The van der Waals surface area contributed by atoms with Gasteiger partial charge in [0.05, 0.1) is 15.6 Å². The summed E-state index contributed by atoms with van der Waals surface area (Å²) >= 11 is 13.8. The molecule has 9 heteroatoms. The summed E-state index contributed by atoms with van der Waals surface area (Å²) in [6, 6.07) is 12.1. The standard InChI is InChI=1S/C20H22Cl2N2O3S2/c1-14(2)28-18-9-4-3-6-15(18)20(25)23-10-12-24(13-11-23)29(26,27)19-16(21)7-5-8-17(19)22/h3-9,14H,10-13H2,1-2H3. The first-order valence-electron chi connectivity index (χ1n) is 9.21. The Morgan fingerprint density at radius 2 is 1.55 bits per heavy atom. The van der Waals surface area contributed by atoms with Gasteiger partial charge >= 0.3 is 0 Å². The zero-order valence-electron chi connectivity index (χ0n) is 16.1. The largest absolute Gasteiger partial charge is 0.336 e. The summed E-state index contributed by atoms with van der Waals surface area (Å²) in [6.45, 7) is 5.15. The van der Waals surface area contributed by atoms with Crippen molar-refractivity contribution in [2.75, 3.05) is 26.2 Å². The molecular weight excluding hydrogens is 451 g/mol. The number of sulfonamides is 1. The van der Waals surface area contributed by atoms with Crippen LogP contribution in [0, 0.1) is 0 Å². The highest BCUT2D eigenvalue weighted by Crippen LogP contribution is 2.32. The van der Waals surface area contributed by atoms with Crippen molar-refractivity contribution in [2.45, 2.75) is 28.9 Å². The fourth-order valence-electron chi connectivity index (χ4n) is 3.16. The van der Waals surface area contributed by atoms with Crippen molar-refractivity contribution in [3.8, 4) is 0 Å². The van der Waals surface area contributed by atoms with Crippen LogP contribution in [0.3, 0.4) is 0 Å². The molecule has 2 aromatic carbocycles. The summed E-state index contributed by atoms with van der Waals surface area (Å²) in [4.78, 5) is 15.6. The minimum atomic E-state index is -3.83. The van der Waals surface area contributed by atoms with Crippen molar-refractivity contribution in [1.29, 1.82) is 0 Å². The minimum Gasteiger partial charge on any atom is -0.336 e. The molecule has 0 radical (unpaired) electrons. The van der Waals surface area contributed by atoms with Crippen molar-refractivity contribution in [3.63, 3.8) is 0 Å². The fourth-order valence-corrected chi connectivity index (χ4v) is 6.62. The Balaban J connectivity index is 1.75. The van der Waals surface area contributed by atoms with Crippen LogP contribution in [0.4, 0.5) is 0 Å². The lowest BCUT2D eigenvalue weighted by Crippen LogP contribution is -2.50. The number of thioether (sulfide) groups is 1. The maximum Gasteiger partial charge on any atom is 0.255 e. The number of nitrogens with zero attached hydrogens (tertiary/aromatic N) is 2. The molecule has 1 aliphatic heterocycles. The van der Waals surface area contributed by atoms with E-state index in [-0.39, 0.29) is 33.9 Å². The highest BCUT2D eigenvalue weighted by molar-refractivity contribution is 8.00. The van der Waals surface area contributed by atoms with Gasteiger partial charge in [-0.05, 0) is 24.3 Å². The number of piperazine rings is 1. The van der Waals surface area contributed by atoms with Crippen molar-refractivity contribution >= 4 is 50.9 Å². The van der Waals surface area contributed by atoms with Gasteiger partial charge < -0.3 is 4.90 Å². The first-order chi connectivity index (χ1) is 13.7. The Morgan fingerprint density at radius 3 is 2.14 bits per heavy atom. The highest BCUT2D eigenvalue weighted by Gasteiger charge is 2.33. The van der Waals surface area contributed by atoms with Gasteiger partial charge in [0, 0.05) is 36.3 Å². The Kier molecular flexibility index (Phi) is 7.17. The van der Waals surface area contributed by atoms with E-state index in [1.165, 1.54) is 16.4 Å². The average molecular weight is 473 g/mol. The van der Waals surface area contributed by atoms with Crippen LogP contribution < -0.4 is 0 Å². The van der Waals surface area contributed by atoms with Gasteiger partial charge in [-0.25, -0.2) is 8.42 Å². The number of hydrogen-bond donors (Lipinski definition) is 0. The number of rotatable bonds is 5. The minimum absolute atomic E-state index is 0.0817. The van der Waals surface area contributed by atoms with E-state index in [1.807, 2.05) is 24.3 Å². The SMILES string of the molecule is CC(C)Sc1ccccc1C(=O)N1CCN(S(=O)(=O)c2c(Cl)cccc2Cl)CC1.